The van der Waals surface area contributed by atoms with Crippen LogP contribution in [0.5, 0.6) is 0 Å². The molecule has 0 aromatic heterocycles. The Morgan fingerprint density at radius 1 is 1.21 bits per heavy atom. The number of carbonyl (C=O) groups excluding carboxylic acids is 3. The minimum Gasteiger partial charge on any atom is -0.468 e. The third-order valence-electron chi connectivity index (χ3n) is 3.53. The fourth-order valence-corrected chi connectivity index (χ4v) is 2.51. The van der Waals surface area contributed by atoms with Crippen molar-refractivity contribution in [1.82, 2.24) is 0 Å². The second-order valence-electron chi connectivity index (χ2n) is 4.90. The molecule has 0 amide bonds. The molecule has 1 aliphatic rings. The van der Waals surface area contributed by atoms with Crippen LogP contribution >= 0.6 is 0 Å². The van der Waals surface area contributed by atoms with E-state index in [0.29, 0.717) is 0 Å². The summed E-state index contributed by atoms with van der Waals surface area (Å²) in [7, 11) is 1.26. The quantitative estimate of drug-likeness (QED) is 0.601. The highest BCUT2D eigenvalue weighted by molar-refractivity contribution is 6.11. The first-order chi connectivity index (χ1) is 9.02. The van der Waals surface area contributed by atoms with Crippen molar-refractivity contribution in [3.63, 3.8) is 0 Å². The van der Waals surface area contributed by atoms with E-state index in [1.54, 1.807) is 0 Å². The summed E-state index contributed by atoms with van der Waals surface area (Å²) in [5.74, 6) is -2.26. The maximum Gasteiger partial charge on any atom is 0.316 e. The Balaban J connectivity index is 2.37. The van der Waals surface area contributed by atoms with Crippen molar-refractivity contribution >= 4 is 17.5 Å². The van der Waals surface area contributed by atoms with Gasteiger partial charge in [0.15, 0.2) is 5.78 Å². The molecule has 0 spiro atoms. The summed E-state index contributed by atoms with van der Waals surface area (Å²) in [6.45, 7) is 1.96. The highest BCUT2D eigenvalue weighted by atomic mass is 16.5. The molecule has 0 radical (unpaired) electrons. The van der Waals surface area contributed by atoms with Crippen molar-refractivity contribution in [2.24, 2.45) is 5.92 Å². The van der Waals surface area contributed by atoms with Crippen LogP contribution in [-0.2, 0) is 19.1 Å². The summed E-state index contributed by atoms with van der Waals surface area (Å²) >= 11 is 0. The van der Waals surface area contributed by atoms with Crippen LogP contribution in [0.25, 0.3) is 0 Å². The Labute approximate surface area is 111 Å². The Kier molecular flexibility index (Phi) is 3.79. The monoisotopic (exact) mass is 260 g/mol. The predicted molar refractivity (Wildman–Crippen MR) is 68.7 cm³/mol. The number of hydrogen-bond acceptors (Lipinski definition) is 4. The molecule has 1 fully saturated rings. The van der Waals surface area contributed by atoms with E-state index < -0.39 is 17.8 Å². The molecule has 1 saturated carbocycles. The molecule has 0 N–H and O–H groups in total. The smallest absolute Gasteiger partial charge is 0.316 e. The Morgan fingerprint density at radius 2 is 1.84 bits per heavy atom. The molecule has 2 rings (SSSR count). The summed E-state index contributed by atoms with van der Waals surface area (Å²) in [5, 5.41) is 0. The third kappa shape index (κ3) is 2.72. The maximum absolute atomic E-state index is 11.9. The Morgan fingerprint density at radius 3 is 2.42 bits per heavy atom. The normalized spacial score (nSPS) is 23.3. The molecule has 1 aromatic carbocycles. The van der Waals surface area contributed by atoms with E-state index in [0.717, 1.165) is 11.1 Å². The lowest BCUT2D eigenvalue weighted by Gasteiger charge is -2.28. The molecule has 4 heteroatoms. The van der Waals surface area contributed by atoms with Crippen molar-refractivity contribution in [2.45, 2.75) is 25.7 Å². The largest absolute Gasteiger partial charge is 0.468 e. The van der Waals surface area contributed by atoms with Crippen LogP contribution in [0.3, 0.4) is 0 Å². The van der Waals surface area contributed by atoms with E-state index in [-0.39, 0.29) is 24.4 Å². The van der Waals surface area contributed by atoms with Gasteiger partial charge in [0, 0.05) is 12.3 Å². The molecule has 100 valence electrons. The molecule has 4 nitrogen and oxygen atoms in total. The average Bonchev–Trinajstić information content (AvgIpc) is 2.38. The second kappa shape index (κ2) is 5.34. The topological polar surface area (TPSA) is 60.4 Å². The zero-order chi connectivity index (χ0) is 14.0. The lowest BCUT2D eigenvalue weighted by Crippen LogP contribution is -2.37. The lowest BCUT2D eigenvalue weighted by atomic mass is 9.74. The van der Waals surface area contributed by atoms with Gasteiger partial charge in [0.2, 0.25) is 0 Å². The van der Waals surface area contributed by atoms with Crippen LogP contribution in [0, 0.1) is 12.8 Å². The van der Waals surface area contributed by atoms with E-state index in [1.807, 2.05) is 31.2 Å². The molecule has 0 heterocycles. The fraction of sp³-hybridized carbons (Fsp3) is 0.400. The van der Waals surface area contributed by atoms with E-state index in [9.17, 15) is 14.4 Å². The van der Waals surface area contributed by atoms with Crippen molar-refractivity contribution in [1.29, 1.82) is 0 Å². The number of carbonyl (C=O) groups is 3. The van der Waals surface area contributed by atoms with E-state index >= 15 is 0 Å². The summed E-state index contributed by atoms with van der Waals surface area (Å²) < 4.78 is 4.70. The van der Waals surface area contributed by atoms with Crippen LogP contribution in [0.2, 0.25) is 0 Å². The number of rotatable bonds is 2. The van der Waals surface area contributed by atoms with Crippen molar-refractivity contribution < 1.29 is 19.1 Å². The number of aryl methyl sites for hydroxylation is 1. The van der Waals surface area contributed by atoms with Crippen molar-refractivity contribution in [3.05, 3.63) is 35.4 Å². The maximum atomic E-state index is 11.9. The molecule has 19 heavy (non-hydrogen) atoms. The lowest BCUT2D eigenvalue weighted by molar-refractivity contribution is -0.152. The van der Waals surface area contributed by atoms with Gasteiger partial charge in [-0.2, -0.15) is 0 Å². The van der Waals surface area contributed by atoms with Gasteiger partial charge in [-0.25, -0.2) is 0 Å². The van der Waals surface area contributed by atoms with Crippen LogP contribution in [0.15, 0.2) is 24.3 Å². The van der Waals surface area contributed by atoms with Gasteiger partial charge in [-0.05, 0) is 12.5 Å². The molecule has 0 saturated heterocycles. The standard InChI is InChI=1S/C15H16O4/c1-9-3-5-10(6-4-9)12-7-11(16)8-13(17)14(12)15(18)19-2/h3-6,12,14H,7-8H2,1-2H3. The predicted octanol–water partition coefficient (Wildman–Crippen LogP) is 1.80. The van der Waals surface area contributed by atoms with Crippen LogP contribution < -0.4 is 0 Å². The van der Waals surface area contributed by atoms with Gasteiger partial charge in [-0.3, -0.25) is 14.4 Å². The SMILES string of the molecule is COC(=O)C1C(=O)CC(=O)CC1c1ccc(C)cc1. The van der Waals surface area contributed by atoms with Crippen LogP contribution in [0.4, 0.5) is 0 Å². The first-order valence-electron chi connectivity index (χ1n) is 6.21. The Bertz CT molecular complexity index is 515. The zero-order valence-electron chi connectivity index (χ0n) is 11.0. The van der Waals surface area contributed by atoms with Gasteiger partial charge < -0.3 is 4.74 Å². The number of hydrogen-bond donors (Lipinski definition) is 0. The second-order valence-corrected chi connectivity index (χ2v) is 4.90. The summed E-state index contributed by atoms with van der Waals surface area (Å²) in [4.78, 5) is 35.3. The van der Waals surface area contributed by atoms with Crippen molar-refractivity contribution in [2.75, 3.05) is 7.11 Å². The van der Waals surface area contributed by atoms with Gasteiger partial charge in [0.25, 0.3) is 0 Å². The van der Waals surface area contributed by atoms with Gasteiger partial charge in [0.1, 0.15) is 11.7 Å². The van der Waals surface area contributed by atoms with Gasteiger partial charge >= 0.3 is 5.97 Å². The van der Waals surface area contributed by atoms with Gasteiger partial charge in [-0.1, -0.05) is 29.8 Å². The minimum absolute atomic E-state index is 0.115. The number of methoxy groups -OCH3 is 1. The molecule has 0 bridgehead atoms. The number of Topliss-reactive ketones (excluding diaryl/α,β-unsaturated/α-hetero) is 2. The highest BCUT2D eigenvalue weighted by Crippen LogP contribution is 2.35. The fourth-order valence-electron chi connectivity index (χ4n) is 2.51. The highest BCUT2D eigenvalue weighted by Gasteiger charge is 2.42. The van der Waals surface area contributed by atoms with E-state index in [4.69, 9.17) is 4.74 Å². The molecule has 1 aromatic rings. The minimum atomic E-state index is -0.856. The molecular formula is C15H16O4. The third-order valence-corrected chi connectivity index (χ3v) is 3.53. The summed E-state index contributed by atoms with van der Waals surface area (Å²) in [6.07, 6.45) is 0.0523. The van der Waals surface area contributed by atoms with Crippen LogP contribution in [0.1, 0.15) is 29.9 Å². The van der Waals surface area contributed by atoms with Gasteiger partial charge in [0.05, 0.1) is 13.5 Å². The van der Waals surface area contributed by atoms with Crippen molar-refractivity contribution in [3.8, 4) is 0 Å². The first-order valence-corrected chi connectivity index (χ1v) is 6.21. The number of ketones is 2. The molecule has 0 aliphatic heterocycles. The average molecular weight is 260 g/mol. The molecular weight excluding hydrogens is 244 g/mol. The zero-order valence-corrected chi connectivity index (χ0v) is 11.0. The van der Waals surface area contributed by atoms with E-state index in [1.165, 1.54) is 7.11 Å². The van der Waals surface area contributed by atoms with E-state index in [2.05, 4.69) is 0 Å². The number of benzene rings is 1. The van der Waals surface area contributed by atoms with Gasteiger partial charge in [-0.15, -0.1) is 0 Å². The molecule has 1 aliphatic carbocycles. The summed E-state index contributed by atoms with van der Waals surface area (Å²) in [6, 6.07) is 7.55. The molecule has 2 atom stereocenters. The number of esters is 1. The van der Waals surface area contributed by atoms with Crippen LogP contribution in [-0.4, -0.2) is 24.6 Å². The molecule has 2 unspecified atom stereocenters. The first kappa shape index (κ1) is 13.5. The number of ether oxygens (including phenoxy) is 1. The Hall–Kier alpha value is -1.97. The summed E-state index contributed by atoms with van der Waals surface area (Å²) in [5.41, 5.74) is 1.93.